The molecule has 1 atom stereocenters. The molecule has 0 aliphatic carbocycles. The van der Waals surface area contributed by atoms with Crippen LogP contribution in [0.3, 0.4) is 0 Å². The predicted octanol–water partition coefficient (Wildman–Crippen LogP) is 4.94. The van der Waals surface area contributed by atoms with Gasteiger partial charge in [-0.15, -0.1) is 11.3 Å². The Morgan fingerprint density at radius 2 is 1.85 bits per heavy atom. The van der Waals surface area contributed by atoms with Crippen molar-refractivity contribution < 1.29 is 31.6 Å². The van der Waals surface area contributed by atoms with Gasteiger partial charge in [-0.2, -0.15) is 13.2 Å². The smallest absolute Gasteiger partial charge is 0.387 e. The van der Waals surface area contributed by atoms with Crippen molar-refractivity contribution in [3.8, 4) is 0 Å². The third kappa shape index (κ3) is 5.97. The van der Waals surface area contributed by atoms with E-state index in [1.54, 1.807) is 19.5 Å². The number of pyridine rings is 1. The highest BCUT2D eigenvalue weighted by Crippen LogP contribution is 2.35. The number of amides is 1. The normalized spacial score (nSPS) is 17.9. The molecule has 1 amide bonds. The molecule has 2 aromatic heterocycles. The van der Waals surface area contributed by atoms with E-state index in [1.807, 2.05) is 0 Å². The molecule has 4 heterocycles. The lowest BCUT2D eigenvalue weighted by atomic mass is 9.97. The van der Waals surface area contributed by atoms with Gasteiger partial charge in [0.1, 0.15) is 29.5 Å². The number of alkyl halides is 3. The molecule has 0 N–H and O–H groups in total. The molecule has 3 aromatic rings. The minimum Gasteiger partial charge on any atom is -0.387 e. The highest BCUT2D eigenvalue weighted by molar-refractivity contribution is 7.10. The fourth-order valence-electron chi connectivity index (χ4n) is 4.92. The van der Waals surface area contributed by atoms with Crippen LogP contribution in [0.2, 0.25) is 0 Å². The minimum absolute atomic E-state index is 0.0390. The molecule has 2 aliphatic rings. The molecule has 1 aromatic carbocycles. The van der Waals surface area contributed by atoms with Crippen molar-refractivity contribution in [1.82, 2.24) is 14.5 Å². The first kappa shape index (κ1) is 28.7. The largest absolute Gasteiger partial charge is 0.421 e. The van der Waals surface area contributed by atoms with E-state index in [9.17, 15) is 31.5 Å². The fourth-order valence-corrected chi connectivity index (χ4v) is 5.92. The molecule has 14 heteroatoms. The lowest BCUT2D eigenvalue weighted by Crippen LogP contribution is -2.42. The Morgan fingerprint density at radius 3 is 2.49 bits per heavy atom. The monoisotopic (exact) mass is 595 g/mol. The Labute approximate surface area is 235 Å². The van der Waals surface area contributed by atoms with Crippen LogP contribution in [0.4, 0.5) is 27.6 Å². The zero-order valence-electron chi connectivity index (χ0n) is 22.1. The Hall–Kier alpha value is -3.81. The third-order valence-electron chi connectivity index (χ3n) is 7.20. The average molecular weight is 596 g/mol. The van der Waals surface area contributed by atoms with Gasteiger partial charge in [0.05, 0.1) is 22.0 Å². The number of anilines is 1. The Bertz CT molecular complexity index is 1520. The minimum atomic E-state index is -4.84. The van der Waals surface area contributed by atoms with E-state index in [0.29, 0.717) is 37.3 Å². The molecule has 0 bridgehead atoms. The summed E-state index contributed by atoms with van der Waals surface area (Å²) in [5.74, 6) is -1.82. The van der Waals surface area contributed by atoms with E-state index in [0.717, 1.165) is 27.8 Å². The molecule has 1 fully saturated rings. The number of hydrogen-bond acceptors (Lipinski definition) is 7. The van der Waals surface area contributed by atoms with Gasteiger partial charge in [-0.1, -0.05) is 11.2 Å². The second-order valence-corrected chi connectivity index (χ2v) is 11.0. The maximum absolute atomic E-state index is 14.1. The van der Waals surface area contributed by atoms with E-state index in [-0.39, 0.29) is 23.6 Å². The molecule has 218 valence electrons. The van der Waals surface area contributed by atoms with Gasteiger partial charge in [0.2, 0.25) is 5.91 Å². The van der Waals surface area contributed by atoms with Crippen LogP contribution in [-0.2, 0) is 22.4 Å². The van der Waals surface area contributed by atoms with E-state index < -0.39 is 47.5 Å². The number of carbonyl (C=O) groups excluding carboxylic acids is 1. The first-order chi connectivity index (χ1) is 19.4. The van der Waals surface area contributed by atoms with Crippen LogP contribution in [-0.4, -0.2) is 53.3 Å². The van der Waals surface area contributed by atoms with Crippen LogP contribution < -0.4 is 10.5 Å². The van der Waals surface area contributed by atoms with E-state index in [4.69, 9.17) is 4.84 Å². The van der Waals surface area contributed by atoms with Crippen molar-refractivity contribution in [1.29, 1.82) is 0 Å². The zero-order valence-corrected chi connectivity index (χ0v) is 22.9. The number of halogens is 5. The van der Waals surface area contributed by atoms with Crippen LogP contribution >= 0.6 is 11.3 Å². The van der Waals surface area contributed by atoms with Gasteiger partial charge in [0, 0.05) is 51.1 Å². The molecule has 1 unspecified atom stereocenters. The molecule has 8 nitrogen and oxygen atoms in total. The topological polar surface area (TPSA) is 80.0 Å². The fraction of sp³-hybridized carbons (Fsp3) is 0.407. The summed E-state index contributed by atoms with van der Waals surface area (Å²) in [6, 6.07) is 4.38. The summed E-state index contributed by atoms with van der Waals surface area (Å²) in [5, 5.41) is 6.62. The number of likely N-dealkylation sites (tertiary alicyclic amines) is 1. The lowest BCUT2D eigenvalue weighted by molar-refractivity contribution is -0.139. The molecule has 2 aliphatic heterocycles. The van der Waals surface area contributed by atoms with E-state index >= 15 is 0 Å². The number of aromatic nitrogens is 2. The second-order valence-electron chi connectivity index (χ2n) is 10.1. The summed E-state index contributed by atoms with van der Waals surface area (Å²) < 4.78 is 69.4. The number of oxime groups is 1. The number of piperidine rings is 1. The van der Waals surface area contributed by atoms with Crippen molar-refractivity contribution >= 4 is 28.6 Å². The van der Waals surface area contributed by atoms with Gasteiger partial charge in [-0.05, 0) is 31.0 Å². The molecular formula is C27H26F5N5O3S. The maximum Gasteiger partial charge on any atom is 0.421 e. The number of thiazole rings is 1. The van der Waals surface area contributed by atoms with Gasteiger partial charge in [0.25, 0.3) is 5.56 Å². The number of carbonyl (C=O) groups is 1. The van der Waals surface area contributed by atoms with Gasteiger partial charge < -0.3 is 19.2 Å². The molecule has 41 heavy (non-hydrogen) atoms. The van der Waals surface area contributed by atoms with Crippen molar-refractivity contribution in [2.75, 3.05) is 32.1 Å². The Morgan fingerprint density at radius 1 is 1.17 bits per heavy atom. The quantitative estimate of drug-likeness (QED) is 0.378. The average Bonchev–Trinajstić information content (AvgIpc) is 3.59. The molecule has 1 saturated heterocycles. The van der Waals surface area contributed by atoms with Crippen molar-refractivity contribution in [2.24, 2.45) is 5.16 Å². The van der Waals surface area contributed by atoms with E-state index in [1.165, 1.54) is 33.4 Å². The van der Waals surface area contributed by atoms with Crippen molar-refractivity contribution in [3.05, 3.63) is 79.7 Å². The van der Waals surface area contributed by atoms with Crippen LogP contribution in [0, 0.1) is 11.6 Å². The Kier molecular flexibility index (Phi) is 7.86. The molecule has 0 saturated carbocycles. The first-order valence-electron chi connectivity index (χ1n) is 12.8. The van der Waals surface area contributed by atoms with Gasteiger partial charge in [0.15, 0.2) is 6.10 Å². The molecule has 0 spiro atoms. The van der Waals surface area contributed by atoms with Gasteiger partial charge in [-0.25, -0.2) is 13.8 Å². The highest BCUT2D eigenvalue weighted by Gasteiger charge is 2.36. The van der Waals surface area contributed by atoms with E-state index in [2.05, 4.69) is 10.1 Å². The SMILES string of the molecule is CN(C)c1cc(C(F)(F)F)c(=O)n(CC(=O)N2CCC(c3nc(C4=NOC(c5c(F)cccc5F)C4)cs3)CC2)c1. The predicted molar refractivity (Wildman–Crippen MR) is 142 cm³/mol. The first-order valence-corrected chi connectivity index (χ1v) is 13.7. The lowest BCUT2D eigenvalue weighted by Gasteiger charge is -2.31. The number of rotatable bonds is 6. The Balaban J connectivity index is 1.21. The summed E-state index contributed by atoms with van der Waals surface area (Å²) in [5.41, 5.74) is -1.56. The number of benzene rings is 1. The van der Waals surface area contributed by atoms with Gasteiger partial charge in [-0.3, -0.25) is 9.59 Å². The van der Waals surface area contributed by atoms with Gasteiger partial charge >= 0.3 is 6.18 Å². The summed E-state index contributed by atoms with van der Waals surface area (Å²) in [6.07, 6.45) is -3.16. The van der Waals surface area contributed by atoms with Crippen molar-refractivity contribution in [3.63, 3.8) is 0 Å². The molecular weight excluding hydrogens is 569 g/mol. The molecule has 5 rings (SSSR count). The third-order valence-corrected chi connectivity index (χ3v) is 8.21. The highest BCUT2D eigenvalue weighted by atomic mass is 32.1. The maximum atomic E-state index is 14.1. The standard InChI is InChI=1S/C27H26F5N5O3S/c1-35(2)16-10-17(27(30,31)32)26(39)37(12-16)13-23(38)36-8-6-15(7-9-36)25-33-21(14-41-25)20-11-22(40-34-20)24-18(28)4-3-5-19(24)29/h3-5,10,12,14-15,22H,6-9,11,13H2,1-2H3. The second kappa shape index (κ2) is 11.2. The summed E-state index contributed by atoms with van der Waals surface area (Å²) in [4.78, 5) is 38.4. The summed E-state index contributed by atoms with van der Waals surface area (Å²) in [6.45, 7) is 0.204. The zero-order chi connectivity index (χ0) is 29.5. The summed E-state index contributed by atoms with van der Waals surface area (Å²) >= 11 is 1.41. The van der Waals surface area contributed by atoms with Crippen LogP contribution in [0.1, 0.15) is 53.1 Å². The number of nitrogens with zero attached hydrogens (tertiary/aromatic N) is 5. The summed E-state index contributed by atoms with van der Waals surface area (Å²) in [7, 11) is 3.10. The molecule has 0 radical (unpaired) electrons. The van der Waals surface area contributed by atoms with Crippen molar-refractivity contribution in [2.45, 2.75) is 44.0 Å². The van der Waals surface area contributed by atoms with Crippen LogP contribution in [0.5, 0.6) is 0 Å². The number of hydrogen-bond donors (Lipinski definition) is 0. The van der Waals surface area contributed by atoms with Crippen LogP contribution in [0.25, 0.3) is 0 Å². The van der Waals surface area contributed by atoms with Crippen LogP contribution in [0.15, 0.2) is 45.8 Å².